The Morgan fingerprint density at radius 2 is 1.77 bits per heavy atom. The first kappa shape index (κ1) is 21.4. The summed E-state index contributed by atoms with van der Waals surface area (Å²) >= 11 is 1.32. The smallest absolute Gasteiger partial charge is 0.263 e. The summed E-state index contributed by atoms with van der Waals surface area (Å²) in [5.74, 6) is -0.725. The van der Waals surface area contributed by atoms with Crippen molar-refractivity contribution >= 4 is 23.2 Å². The van der Waals surface area contributed by atoms with Crippen LogP contribution in [0.2, 0.25) is 0 Å². The third-order valence-electron chi connectivity index (χ3n) is 4.35. The second-order valence-corrected chi connectivity index (χ2v) is 7.82. The predicted molar refractivity (Wildman–Crippen MR) is 113 cm³/mol. The van der Waals surface area contributed by atoms with E-state index < -0.39 is 0 Å². The van der Waals surface area contributed by atoms with Crippen molar-refractivity contribution in [1.82, 2.24) is 15.6 Å². The van der Waals surface area contributed by atoms with Gasteiger partial charge in [-0.15, -0.1) is 11.3 Å². The Labute approximate surface area is 177 Å². The Kier molecular flexibility index (Phi) is 7.13. The predicted octanol–water partition coefficient (Wildman–Crippen LogP) is 3.44. The molecule has 3 rings (SSSR count). The zero-order valence-corrected chi connectivity index (χ0v) is 17.3. The lowest BCUT2D eigenvalue weighted by molar-refractivity contribution is 0.0952. The van der Waals surface area contributed by atoms with Gasteiger partial charge in [0, 0.05) is 25.1 Å². The normalized spacial score (nSPS) is 10.6. The molecular weight excluding hydrogens is 405 g/mol. The Balaban J connectivity index is 1.44. The lowest BCUT2D eigenvalue weighted by Gasteiger charge is -2.07. The van der Waals surface area contributed by atoms with E-state index in [-0.39, 0.29) is 23.4 Å². The summed E-state index contributed by atoms with van der Waals surface area (Å²) in [6, 6.07) is 12.3. The first-order chi connectivity index (χ1) is 14.4. The molecule has 0 saturated carbocycles. The number of aromatic nitrogens is 1. The highest BCUT2D eigenvalue weighted by Gasteiger charge is 2.15. The van der Waals surface area contributed by atoms with Crippen molar-refractivity contribution in [3.05, 3.63) is 81.1 Å². The zero-order chi connectivity index (χ0) is 21.5. The minimum absolute atomic E-state index is 0.0358. The lowest BCUT2D eigenvalue weighted by Crippen LogP contribution is -2.29. The molecule has 0 aliphatic heterocycles. The van der Waals surface area contributed by atoms with Crippen LogP contribution in [0.5, 0.6) is 5.75 Å². The molecule has 0 spiro atoms. The number of benzene rings is 2. The zero-order valence-electron chi connectivity index (χ0n) is 16.4. The average Bonchev–Trinajstić information content (AvgIpc) is 3.09. The summed E-state index contributed by atoms with van der Waals surface area (Å²) in [4.78, 5) is 29.4. The first-order valence-corrected chi connectivity index (χ1v) is 10.3. The number of carbonyl (C=O) groups is 2. The van der Waals surface area contributed by atoms with Crippen molar-refractivity contribution in [2.75, 3.05) is 13.1 Å². The number of carbonyl (C=O) groups excluding carboxylic acids is 2. The number of hydrogen-bond acceptors (Lipinski definition) is 5. The largest absolute Gasteiger partial charge is 0.508 e. The lowest BCUT2D eigenvalue weighted by atomic mass is 10.1. The van der Waals surface area contributed by atoms with Crippen LogP contribution in [-0.2, 0) is 6.42 Å². The molecule has 2 amide bonds. The van der Waals surface area contributed by atoms with Crippen LogP contribution in [-0.4, -0.2) is 35.0 Å². The fourth-order valence-corrected chi connectivity index (χ4v) is 3.85. The summed E-state index contributed by atoms with van der Waals surface area (Å²) < 4.78 is 13.0. The molecule has 0 unspecified atom stereocenters. The fourth-order valence-electron chi connectivity index (χ4n) is 2.84. The van der Waals surface area contributed by atoms with Crippen LogP contribution in [0.1, 0.15) is 42.7 Å². The van der Waals surface area contributed by atoms with Gasteiger partial charge in [-0.25, -0.2) is 9.37 Å². The molecule has 6 nitrogen and oxygen atoms in total. The second-order valence-electron chi connectivity index (χ2n) is 6.74. The Hall–Kier alpha value is -3.26. The number of rotatable bonds is 8. The van der Waals surface area contributed by atoms with Gasteiger partial charge in [-0.3, -0.25) is 9.59 Å². The van der Waals surface area contributed by atoms with Crippen LogP contribution in [0.4, 0.5) is 4.39 Å². The van der Waals surface area contributed by atoms with Gasteiger partial charge in [0.05, 0.1) is 10.7 Å². The monoisotopic (exact) mass is 427 g/mol. The van der Waals surface area contributed by atoms with Gasteiger partial charge in [0.15, 0.2) is 0 Å². The molecule has 0 radical (unpaired) electrons. The highest BCUT2D eigenvalue weighted by molar-refractivity contribution is 7.13. The van der Waals surface area contributed by atoms with Crippen LogP contribution in [0.3, 0.4) is 0 Å². The fraction of sp³-hybridized carbons (Fsp3) is 0.227. The van der Waals surface area contributed by atoms with Crippen LogP contribution < -0.4 is 10.6 Å². The van der Waals surface area contributed by atoms with Crippen LogP contribution >= 0.6 is 11.3 Å². The van der Waals surface area contributed by atoms with E-state index in [9.17, 15) is 19.1 Å². The summed E-state index contributed by atoms with van der Waals surface area (Å²) in [5.41, 5.74) is 1.97. The van der Waals surface area contributed by atoms with Crippen molar-refractivity contribution in [3.8, 4) is 5.75 Å². The number of nitrogens with one attached hydrogen (secondary N) is 2. The second kappa shape index (κ2) is 9.98. The number of aromatic hydroxyl groups is 1. The van der Waals surface area contributed by atoms with Crippen LogP contribution in [0, 0.1) is 12.7 Å². The average molecular weight is 428 g/mol. The molecule has 0 fully saturated rings. The molecule has 30 heavy (non-hydrogen) atoms. The topological polar surface area (TPSA) is 91.3 Å². The quantitative estimate of drug-likeness (QED) is 0.480. The molecule has 0 saturated heterocycles. The summed E-state index contributed by atoms with van der Waals surface area (Å²) in [6.07, 6.45) is 1.11. The van der Waals surface area contributed by atoms with E-state index >= 15 is 0 Å². The van der Waals surface area contributed by atoms with Gasteiger partial charge in [0.1, 0.15) is 16.4 Å². The maximum Gasteiger partial charge on any atom is 0.263 e. The highest BCUT2D eigenvalue weighted by Crippen LogP contribution is 2.21. The third kappa shape index (κ3) is 5.87. The molecule has 8 heteroatoms. The highest BCUT2D eigenvalue weighted by atomic mass is 32.1. The van der Waals surface area contributed by atoms with Crippen molar-refractivity contribution in [2.45, 2.75) is 19.8 Å². The molecular formula is C22H22FN3O3S. The van der Waals surface area contributed by atoms with E-state index in [1.54, 1.807) is 31.2 Å². The Morgan fingerprint density at radius 1 is 1.07 bits per heavy atom. The number of halogens is 1. The molecule has 0 aliphatic rings. The van der Waals surface area contributed by atoms with E-state index in [4.69, 9.17) is 0 Å². The van der Waals surface area contributed by atoms with Gasteiger partial charge < -0.3 is 15.7 Å². The van der Waals surface area contributed by atoms with E-state index in [0.29, 0.717) is 42.1 Å². The number of amides is 2. The van der Waals surface area contributed by atoms with Crippen molar-refractivity contribution in [3.63, 3.8) is 0 Å². The summed E-state index contributed by atoms with van der Waals surface area (Å²) in [7, 11) is 0. The van der Waals surface area contributed by atoms with E-state index in [1.165, 1.54) is 35.6 Å². The number of thiazole rings is 1. The molecule has 156 valence electrons. The number of hydrogen-bond donors (Lipinski definition) is 3. The maximum atomic E-state index is 13.0. The van der Waals surface area contributed by atoms with Crippen LogP contribution in [0.15, 0.2) is 48.5 Å². The summed E-state index contributed by atoms with van der Waals surface area (Å²) in [5, 5.41) is 15.8. The Morgan fingerprint density at radius 3 is 2.47 bits per heavy atom. The van der Waals surface area contributed by atoms with Crippen molar-refractivity contribution < 1.29 is 19.1 Å². The number of aryl methyl sites for hydroxylation is 1. The van der Waals surface area contributed by atoms with Gasteiger partial charge in [-0.2, -0.15) is 0 Å². The maximum absolute atomic E-state index is 13.0. The number of phenolic OH excluding ortho intramolecular Hbond substituents is 1. The summed E-state index contributed by atoms with van der Waals surface area (Å²) in [6.45, 7) is 2.59. The first-order valence-electron chi connectivity index (χ1n) is 9.48. The molecule has 1 heterocycles. The minimum atomic E-state index is -0.285. The SMILES string of the molecule is Cc1nc(Cc2ccc(F)cc2)sc1C(=O)NCCCNC(=O)c1cccc(O)c1. The van der Waals surface area contributed by atoms with Gasteiger partial charge >= 0.3 is 0 Å². The molecule has 3 aromatic rings. The molecule has 1 aromatic heterocycles. The van der Waals surface area contributed by atoms with Crippen molar-refractivity contribution in [2.24, 2.45) is 0 Å². The van der Waals surface area contributed by atoms with Crippen molar-refractivity contribution in [1.29, 1.82) is 0 Å². The molecule has 0 bridgehead atoms. The van der Waals surface area contributed by atoms with E-state index in [1.807, 2.05) is 0 Å². The van der Waals surface area contributed by atoms with E-state index in [0.717, 1.165) is 10.6 Å². The number of phenols is 1. The minimum Gasteiger partial charge on any atom is -0.508 e. The van der Waals surface area contributed by atoms with Gasteiger partial charge in [0.25, 0.3) is 11.8 Å². The third-order valence-corrected chi connectivity index (χ3v) is 5.50. The molecule has 3 N–H and O–H groups in total. The van der Waals surface area contributed by atoms with Gasteiger partial charge in [-0.05, 0) is 49.2 Å². The standard InChI is InChI=1S/C22H22FN3O3S/c1-14-20(30-19(26-14)12-15-6-8-17(23)9-7-15)22(29)25-11-3-10-24-21(28)16-4-2-5-18(27)13-16/h2,4-9,13,27H,3,10-12H2,1H3,(H,24,28)(H,25,29). The van der Waals surface area contributed by atoms with Crippen LogP contribution in [0.25, 0.3) is 0 Å². The van der Waals surface area contributed by atoms with E-state index in [2.05, 4.69) is 15.6 Å². The number of nitrogens with zero attached hydrogens (tertiary/aromatic N) is 1. The van der Waals surface area contributed by atoms with Gasteiger partial charge in [0.2, 0.25) is 0 Å². The molecule has 0 aliphatic carbocycles. The molecule has 2 aromatic carbocycles. The van der Waals surface area contributed by atoms with Gasteiger partial charge in [-0.1, -0.05) is 18.2 Å². The molecule has 0 atom stereocenters. The Bertz CT molecular complexity index is 1030.